The summed E-state index contributed by atoms with van der Waals surface area (Å²) < 4.78 is 12.8. The highest BCUT2D eigenvalue weighted by Gasteiger charge is 2.07. The maximum Gasteiger partial charge on any atom is 0.0645 e. The zero-order valence-electron chi connectivity index (χ0n) is 12.4. The molecule has 4 nitrogen and oxygen atoms in total. The summed E-state index contributed by atoms with van der Waals surface area (Å²) in [5, 5.41) is 4.72. The van der Waals surface area contributed by atoms with E-state index in [-0.39, 0.29) is 0 Å². The number of rotatable bonds is 9. The van der Waals surface area contributed by atoms with Crippen LogP contribution in [0.25, 0.3) is 10.9 Å². The van der Waals surface area contributed by atoms with Crippen LogP contribution in [0.3, 0.4) is 0 Å². The molecule has 0 spiro atoms. The van der Waals surface area contributed by atoms with Crippen LogP contribution in [0.4, 0.5) is 0 Å². The van der Waals surface area contributed by atoms with E-state index in [4.69, 9.17) is 9.47 Å². The summed E-state index contributed by atoms with van der Waals surface area (Å²) in [5.41, 5.74) is 2.60. The van der Waals surface area contributed by atoms with Crippen molar-refractivity contribution in [3.63, 3.8) is 0 Å². The van der Waals surface area contributed by atoms with Crippen molar-refractivity contribution in [3.05, 3.63) is 36.0 Å². The summed E-state index contributed by atoms with van der Waals surface area (Å²) in [5.74, 6) is 0. The fourth-order valence-electron chi connectivity index (χ4n) is 2.35. The number of ether oxygens (including phenoxy) is 2. The van der Waals surface area contributed by atoms with Crippen LogP contribution in [0, 0.1) is 0 Å². The normalized spacial score (nSPS) is 11.3. The van der Waals surface area contributed by atoms with Gasteiger partial charge >= 0.3 is 0 Å². The fourth-order valence-corrected chi connectivity index (χ4v) is 2.35. The predicted octanol–water partition coefficient (Wildman–Crippen LogP) is 2.41. The van der Waals surface area contributed by atoms with E-state index in [1.807, 2.05) is 6.92 Å². The first-order valence-electron chi connectivity index (χ1n) is 7.21. The van der Waals surface area contributed by atoms with Crippen LogP contribution in [0.15, 0.2) is 30.5 Å². The monoisotopic (exact) mass is 276 g/mol. The van der Waals surface area contributed by atoms with Gasteiger partial charge in [-0.05, 0) is 18.6 Å². The Hall–Kier alpha value is -1.36. The van der Waals surface area contributed by atoms with Crippen LogP contribution in [0.1, 0.15) is 12.5 Å². The third-order valence-corrected chi connectivity index (χ3v) is 3.35. The first kappa shape index (κ1) is 15.0. The summed E-state index contributed by atoms with van der Waals surface area (Å²) >= 11 is 0. The van der Waals surface area contributed by atoms with Crippen LogP contribution in [-0.2, 0) is 22.6 Å². The van der Waals surface area contributed by atoms with Gasteiger partial charge in [0.1, 0.15) is 0 Å². The van der Waals surface area contributed by atoms with Crippen LogP contribution < -0.4 is 5.32 Å². The van der Waals surface area contributed by atoms with E-state index in [0.717, 1.165) is 39.5 Å². The third kappa shape index (κ3) is 3.82. The van der Waals surface area contributed by atoms with E-state index >= 15 is 0 Å². The molecule has 4 heteroatoms. The minimum Gasteiger partial charge on any atom is -0.383 e. The lowest BCUT2D eigenvalue weighted by molar-refractivity contribution is 0.140. The van der Waals surface area contributed by atoms with Gasteiger partial charge in [0.15, 0.2) is 0 Å². The predicted molar refractivity (Wildman–Crippen MR) is 82.0 cm³/mol. The van der Waals surface area contributed by atoms with Gasteiger partial charge in [-0.15, -0.1) is 0 Å². The van der Waals surface area contributed by atoms with Gasteiger partial charge in [-0.2, -0.15) is 0 Å². The van der Waals surface area contributed by atoms with Gasteiger partial charge in [-0.3, -0.25) is 0 Å². The maximum atomic E-state index is 5.46. The second-order valence-electron chi connectivity index (χ2n) is 4.73. The summed E-state index contributed by atoms with van der Waals surface area (Å²) in [4.78, 5) is 0. The Kier molecular flexibility index (Phi) is 6.05. The Morgan fingerprint density at radius 1 is 1.20 bits per heavy atom. The number of hydrogen-bond acceptors (Lipinski definition) is 3. The van der Waals surface area contributed by atoms with E-state index < -0.39 is 0 Å². The van der Waals surface area contributed by atoms with Crippen molar-refractivity contribution in [3.8, 4) is 0 Å². The molecule has 0 saturated carbocycles. The Morgan fingerprint density at radius 3 is 2.85 bits per heavy atom. The molecule has 0 saturated heterocycles. The van der Waals surface area contributed by atoms with Crippen LogP contribution >= 0.6 is 0 Å². The second-order valence-corrected chi connectivity index (χ2v) is 4.73. The molecule has 0 aliphatic heterocycles. The topological polar surface area (TPSA) is 35.4 Å². The first-order chi connectivity index (χ1) is 9.86. The number of para-hydroxylation sites is 1. The molecule has 0 bridgehead atoms. The molecule has 20 heavy (non-hydrogen) atoms. The number of benzene rings is 1. The van der Waals surface area contributed by atoms with Crippen molar-refractivity contribution in [1.29, 1.82) is 0 Å². The molecule has 1 heterocycles. The number of aromatic nitrogens is 1. The van der Waals surface area contributed by atoms with Crippen molar-refractivity contribution in [1.82, 2.24) is 9.88 Å². The average molecular weight is 276 g/mol. The van der Waals surface area contributed by atoms with E-state index in [1.54, 1.807) is 7.11 Å². The summed E-state index contributed by atoms with van der Waals surface area (Å²) in [7, 11) is 1.72. The van der Waals surface area contributed by atoms with Crippen molar-refractivity contribution in [2.75, 3.05) is 33.5 Å². The summed E-state index contributed by atoms with van der Waals surface area (Å²) in [6.45, 7) is 6.92. The third-order valence-electron chi connectivity index (χ3n) is 3.35. The Labute approximate surface area is 120 Å². The standard InChI is InChI=1S/C16H24N2O2/c1-3-20-11-9-18-13-14(12-17-8-10-19-2)15-6-4-5-7-16(15)18/h4-7,13,17H,3,8-12H2,1-2H3. The fraction of sp³-hybridized carbons (Fsp3) is 0.500. The van der Waals surface area contributed by atoms with Gasteiger partial charge in [-0.25, -0.2) is 0 Å². The van der Waals surface area contributed by atoms with Gasteiger partial charge in [0.05, 0.1) is 13.2 Å². The molecule has 0 radical (unpaired) electrons. The molecule has 1 N–H and O–H groups in total. The van der Waals surface area contributed by atoms with Crippen LogP contribution in [0.2, 0.25) is 0 Å². The highest BCUT2D eigenvalue weighted by molar-refractivity contribution is 5.83. The zero-order chi connectivity index (χ0) is 14.2. The molecule has 0 unspecified atom stereocenters. The van der Waals surface area contributed by atoms with Crippen molar-refractivity contribution in [2.24, 2.45) is 0 Å². The number of nitrogens with one attached hydrogen (secondary N) is 1. The minimum absolute atomic E-state index is 0.739. The van der Waals surface area contributed by atoms with E-state index in [1.165, 1.54) is 16.5 Å². The molecular weight excluding hydrogens is 252 g/mol. The number of methoxy groups -OCH3 is 1. The maximum absolute atomic E-state index is 5.46. The lowest BCUT2D eigenvalue weighted by Crippen LogP contribution is -2.18. The van der Waals surface area contributed by atoms with E-state index in [9.17, 15) is 0 Å². The molecule has 0 aliphatic carbocycles. The van der Waals surface area contributed by atoms with Gasteiger partial charge in [0.2, 0.25) is 0 Å². The van der Waals surface area contributed by atoms with Crippen LogP contribution in [0.5, 0.6) is 0 Å². The molecule has 0 atom stereocenters. The Morgan fingerprint density at radius 2 is 2.05 bits per heavy atom. The number of hydrogen-bond donors (Lipinski definition) is 1. The lowest BCUT2D eigenvalue weighted by atomic mass is 10.2. The van der Waals surface area contributed by atoms with E-state index in [2.05, 4.69) is 40.3 Å². The zero-order valence-corrected chi connectivity index (χ0v) is 12.4. The smallest absolute Gasteiger partial charge is 0.0645 e. The van der Waals surface area contributed by atoms with Gasteiger partial charge in [0, 0.05) is 50.5 Å². The Bertz CT molecular complexity index is 522. The van der Waals surface area contributed by atoms with E-state index in [0.29, 0.717) is 0 Å². The van der Waals surface area contributed by atoms with Crippen molar-refractivity contribution >= 4 is 10.9 Å². The quantitative estimate of drug-likeness (QED) is 0.714. The van der Waals surface area contributed by atoms with Crippen LogP contribution in [-0.4, -0.2) is 38.0 Å². The van der Waals surface area contributed by atoms with Gasteiger partial charge in [0.25, 0.3) is 0 Å². The molecule has 2 aromatic rings. The summed E-state index contributed by atoms with van der Waals surface area (Å²) in [6, 6.07) is 8.52. The SMILES string of the molecule is CCOCCn1cc(CNCCOC)c2ccccc21. The molecule has 110 valence electrons. The highest BCUT2D eigenvalue weighted by Crippen LogP contribution is 2.21. The second kappa shape index (κ2) is 8.04. The largest absolute Gasteiger partial charge is 0.383 e. The highest BCUT2D eigenvalue weighted by atomic mass is 16.5. The van der Waals surface area contributed by atoms with Gasteiger partial charge < -0.3 is 19.4 Å². The van der Waals surface area contributed by atoms with Gasteiger partial charge in [-0.1, -0.05) is 18.2 Å². The molecule has 0 fully saturated rings. The number of fused-ring (bicyclic) bond motifs is 1. The summed E-state index contributed by atoms with van der Waals surface area (Å²) in [6.07, 6.45) is 2.23. The molecule has 1 aromatic heterocycles. The molecular formula is C16H24N2O2. The number of nitrogens with zero attached hydrogens (tertiary/aromatic N) is 1. The molecule has 0 aliphatic rings. The molecule has 1 aromatic carbocycles. The van der Waals surface area contributed by atoms with Crippen molar-refractivity contribution < 1.29 is 9.47 Å². The Balaban J connectivity index is 2.09. The van der Waals surface area contributed by atoms with Crippen molar-refractivity contribution in [2.45, 2.75) is 20.0 Å². The molecule has 0 amide bonds. The minimum atomic E-state index is 0.739. The lowest BCUT2D eigenvalue weighted by Gasteiger charge is -2.04. The molecule has 2 rings (SSSR count). The first-order valence-corrected chi connectivity index (χ1v) is 7.21. The average Bonchev–Trinajstić information content (AvgIpc) is 2.83.